The summed E-state index contributed by atoms with van der Waals surface area (Å²) < 4.78 is 19.9. The standard InChI is InChI=1S/C28H30N2O3/c1-4-10-22-15-16-26(27(19-22)31-3)33-20-28-29-23-12-6-7-13-24(23)30(28)17-9-18-32-25-14-8-5-11-21(25)2/h4-8,10-16,19H,9,17-18,20H2,1-3H3/b10-4-. The molecule has 5 heteroatoms. The Morgan fingerprint density at radius 2 is 1.73 bits per heavy atom. The lowest BCUT2D eigenvalue weighted by atomic mass is 10.2. The zero-order valence-electron chi connectivity index (χ0n) is 19.5. The minimum absolute atomic E-state index is 0.354. The number of benzene rings is 3. The molecular weight excluding hydrogens is 412 g/mol. The number of methoxy groups -OCH3 is 1. The van der Waals surface area contributed by atoms with E-state index in [1.807, 2.05) is 73.7 Å². The van der Waals surface area contributed by atoms with Crippen LogP contribution in [0.4, 0.5) is 0 Å². The highest BCUT2D eigenvalue weighted by molar-refractivity contribution is 5.75. The lowest BCUT2D eigenvalue weighted by Crippen LogP contribution is -2.10. The van der Waals surface area contributed by atoms with Gasteiger partial charge in [0.2, 0.25) is 0 Å². The van der Waals surface area contributed by atoms with Gasteiger partial charge in [-0.15, -0.1) is 0 Å². The smallest absolute Gasteiger partial charge is 0.161 e. The van der Waals surface area contributed by atoms with Gasteiger partial charge in [-0.1, -0.05) is 48.6 Å². The lowest BCUT2D eigenvalue weighted by Gasteiger charge is -2.14. The third kappa shape index (κ3) is 5.37. The molecule has 0 aliphatic carbocycles. The third-order valence-corrected chi connectivity index (χ3v) is 5.51. The Bertz CT molecular complexity index is 1240. The Hall–Kier alpha value is -3.73. The van der Waals surface area contributed by atoms with E-state index in [2.05, 4.69) is 23.6 Å². The highest BCUT2D eigenvalue weighted by Crippen LogP contribution is 2.30. The van der Waals surface area contributed by atoms with E-state index < -0.39 is 0 Å². The lowest BCUT2D eigenvalue weighted by molar-refractivity contribution is 0.267. The molecule has 0 saturated heterocycles. The van der Waals surface area contributed by atoms with E-state index in [-0.39, 0.29) is 0 Å². The zero-order valence-corrected chi connectivity index (χ0v) is 19.5. The van der Waals surface area contributed by atoms with Crippen LogP contribution in [0.3, 0.4) is 0 Å². The molecule has 0 aliphatic heterocycles. The summed E-state index contributed by atoms with van der Waals surface area (Å²) in [6, 6.07) is 22.2. The number of hydrogen-bond acceptors (Lipinski definition) is 4. The number of nitrogens with zero attached hydrogens (tertiary/aromatic N) is 2. The van der Waals surface area contributed by atoms with Crippen LogP contribution >= 0.6 is 0 Å². The van der Waals surface area contributed by atoms with Crippen molar-refractivity contribution in [2.75, 3.05) is 13.7 Å². The first-order valence-corrected chi connectivity index (χ1v) is 11.3. The Kier molecular flexibility index (Phi) is 7.30. The molecular formula is C28H30N2O3. The van der Waals surface area contributed by atoms with Crippen molar-refractivity contribution in [3.63, 3.8) is 0 Å². The largest absolute Gasteiger partial charge is 0.493 e. The molecule has 0 aliphatic rings. The maximum Gasteiger partial charge on any atom is 0.161 e. The number of imidazole rings is 1. The van der Waals surface area contributed by atoms with Gasteiger partial charge in [-0.25, -0.2) is 4.98 Å². The summed E-state index contributed by atoms with van der Waals surface area (Å²) in [6.45, 7) is 5.84. The SMILES string of the molecule is C/C=C\c1ccc(OCc2nc3ccccc3n2CCCOc2ccccc2C)c(OC)c1. The summed E-state index contributed by atoms with van der Waals surface area (Å²) >= 11 is 0. The quantitative estimate of drug-likeness (QED) is 0.265. The van der Waals surface area contributed by atoms with E-state index in [9.17, 15) is 0 Å². The Morgan fingerprint density at radius 3 is 2.55 bits per heavy atom. The van der Waals surface area contributed by atoms with Gasteiger partial charge in [0.1, 0.15) is 18.2 Å². The van der Waals surface area contributed by atoms with Gasteiger partial charge in [-0.2, -0.15) is 0 Å². The van der Waals surface area contributed by atoms with Crippen LogP contribution in [-0.2, 0) is 13.2 Å². The molecule has 0 amide bonds. The second-order valence-corrected chi connectivity index (χ2v) is 7.83. The molecule has 3 aromatic carbocycles. The first-order chi connectivity index (χ1) is 16.2. The molecule has 1 heterocycles. The molecule has 0 N–H and O–H groups in total. The van der Waals surface area contributed by atoms with Gasteiger partial charge in [-0.05, 0) is 61.7 Å². The Labute approximate surface area is 195 Å². The van der Waals surface area contributed by atoms with Crippen LogP contribution in [0, 0.1) is 6.92 Å². The van der Waals surface area contributed by atoms with E-state index in [0.29, 0.717) is 24.7 Å². The molecule has 4 rings (SSSR count). The first-order valence-electron chi connectivity index (χ1n) is 11.3. The van der Waals surface area contributed by atoms with Gasteiger partial charge in [0, 0.05) is 6.54 Å². The van der Waals surface area contributed by atoms with Crippen molar-refractivity contribution in [3.8, 4) is 17.2 Å². The van der Waals surface area contributed by atoms with Crippen LogP contribution in [-0.4, -0.2) is 23.3 Å². The predicted octanol–water partition coefficient (Wildman–Crippen LogP) is 6.43. The normalized spacial score (nSPS) is 11.2. The van der Waals surface area contributed by atoms with Gasteiger partial charge in [0.15, 0.2) is 11.5 Å². The Morgan fingerprint density at radius 1 is 0.909 bits per heavy atom. The van der Waals surface area contributed by atoms with Gasteiger partial charge in [-0.3, -0.25) is 0 Å². The van der Waals surface area contributed by atoms with E-state index in [4.69, 9.17) is 19.2 Å². The van der Waals surface area contributed by atoms with Gasteiger partial charge in [0.05, 0.1) is 24.8 Å². The van der Waals surface area contributed by atoms with E-state index in [1.54, 1.807) is 7.11 Å². The van der Waals surface area contributed by atoms with Crippen LogP contribution in [0.15, 0.2) is 72.8 Å². The molecule has 0 unspecified atom stereocenters. The average Bonchev–Trinajstić information content (AvgIpc) is 3.19. The van der Waals surface area contributed by atoms with Crippen molar-refractivity contribution >= 4 is 17.1 Å². The Balaban J connectivity index is 1.48. The first kappa shape index (κ1) is 22.5. The summed E-state index contributed by atoms with van der Waals surface area (Å²) in [5.41, 5.74) is 4.28. The molecule has 1 aromatic heterocycles. The minimum atomic E-state index is 0.354. The molecule has 33 heavy (non-hydrogen) atoms. The van der Waals surface area contributed by atoms with Gasteiger partial charge >= 0.3 is 0 Å². The van der Waals surface area contributed by atoms with Crippen molar-refractivity contribution in [1.82, 2.24) is 9.55 Å². The van der Waals surface area contributed by atoms with Crippen molar-refractivity contribution in [3.05, 3.63) is 89.8 Å². The van der Waals surface area contributed by atoms with Crippen molar-refractivity contribution in [2.24, 2.45) is 0 Å². The number of aryl methyl sites for hydroxylation is 2. The number of hydrogen-bond donors (Lipinski definition) is 0. The minimum Gasteiger partial charge on any atom is -0.493 e. The van der Waals surface area contributed by atoms with Gasteiger partial charge in [0.25, 0.3) is 0 Å². The average molecular weight is 443 g/mol. The molecule has 170 valence electrons. The van der Waals surface area contributed by atoms with Crippen molar-refractivity contribution in [2.45, 2.75) is 33.4 Å². The molecule has 4 aromatic rings. The van der Waals surface area contributed by atoms with Crippen LogP contribution in [0.2, 0.25) is 0 Å². The zero-order chi connectivity index (χ0) is 23.0. The summed E-state index contributed by atoms with van der Waals surface area (Å²) in [6.07, 6.45) is 4.90. The second kappa shape index (κ2) is 10.7. The molecule has 0 atom stereocenters. The van der Waals surface area contributed by atoms with Crippen molar-refractivity contribution < 1.29 is 14.2 Å². The summed E-state index contributed by atoms with van der Waals surface area (Å²) in [5.74, 6) is 3.23. The highest BCUT2D eigenvalue weighted by Gasteiger charge is 2.13. The van der Waals surface area contributed by atoms with Crippen LogP contribution in [0.1, 0.15) is 30.3 Å². The van der Waals surface area contributed by atoms with Crippen LogP contribution < -0.4 is 14.2 Å². The highest BCUT2D eigenvalue weighted by atomic mass is 16.5. The summed E-state index contributed by atoms with van der Waals surface area (Å²) in [4.78, 5) is 4.83. The molecule has 0 bridgehead atoms. The molecule has 0 spiro atoms. The predicted molar refractivity (Wildman–Crippen MR) is 133 cm³/mol. The summed E-state index contributed by atoms with van der Waals surface area (Å²) in [5, 5.41) is 0. The van der Waals surface area contributed by atoms with Crippen LogP contribution in [0.25, 0.3) is 17.1 Å². The number of rotatable bonds is 10. The van der Waals surface area contributed by atoms with Crippen molar-refractivity contribution in [1.29, 1.82) is 0 Å². The van der Waals surface area contributed by atoms with Gasteiger partial charge < -0.3 is 18.8 Å². The fourth-order valence-corrected chi connectivity index (χ4v) is 3.85. The number of ether oxygens (including phenoxy) is 3. The molecule has 5 nitrogen and oxygen atoms in total. The fraction of sp³-hybridized carbons (Fsp3) is 0.250. The monoisotopic (exact) mass is 442 g/mol. The van der Waals surface area contributed by atoms with E-state index >= 15 is 0 Å². The fourth-order valence-electron chi connectivity index (χ4n) is 3.85. The van der Waals surface area contributed by atoms with E-state index in [0.717, 1.165) is 46.7 Å². The third-order valence-electron chi connectivity index (χ3n) is 5.51. The van der Waals surface area contributed by atoms with E-state index in [1.165, 1.54) is 0 Å². The summed E-state index contributed by atoms with van der Waals surface area (Å²) in [7, 11) is 1.66. The topological polar surface area (TPSA) is 45.5 Å². The number of para-hydroxylation sites is 3. The number of aromatic nitrogens is 2. The molecule has 0 radical (unpaired) electrons. The van der Waals surface area contributed by atoms with Crippen LogP contribution in [0.5, 0.6) is 17.2 Å². The number of allylic oxidation sites excluding steroid dienone is 1. The second-order valence-electron chi connectivity index (χ2n) is 7.83. The number of fused-ring (bicyclic) bond motifs is 1. The maximum atomic E-state index is 6.15. The maximum absolute atomic E-state index is 6.15. The molecule has 0 saturated carbocycles. The molecule has 0 fully saturated rings.